The zero-order valence-electron chi connectivity index (χ0n) is 4.57. The van der Waals surface area contributed by atoms with E-state index in [9.17, 15) is 9.59 Å². The minimum absolute atomic E-state index is 0.627. The lowest BCUT2D eigenvalue weighted by Gasteiger charge is -1.96. The van der Waals surface area contributed by atoms with Crippen molar-refractivity contribution in [2.24, 2.45) is 5.73 Å². The van der Waals surface area contributed by atoms with Crippen LogP contribution in [-0.4, -0.2) is 28.2 Å². The van der Waals surface area contributed by atoms with E-state index in [4.69, 9.17) is 10.2 Å². The minimum Gasteiger partial charge on any atom is -0.369 e. The van der Waals surface area contributed by atoms with Crippen LogP contribution in [-0.2, 0) is 9.59 Å². The normalized spacial score (nSPS) is 9.67. The van der Waals surface area contributed by atoms with Gasteiger partial charge in [0.2, 0.25) is 12.2 Å². The van der Waals surface area contributed by atoms with Crippen LogP contribution in [0.1, 0.15) is 6.42 Å². The quantitative estimate of drug-likeness (QED) is 0.299. The van der Waals surface area contributed by atoms with Gasteiger partial charge in [-0.2, -0.15) is 0 Å². The molecule has 0 aromatic heterocycles. The van der Waals surface area contributed by atoms with Crippen LogP contribution >= 0.6 is 0 Å². The lowest BCUT2D eigenvalue weighted by atomic mass is 10.3. The largest absolute Gasteiger partial charge is 0.369 e. The Kier molecular flexibility index (Phi) is 2.83. The van der Waals surface area contributed by atoms with Crippen LogP contribution in [0.15, 0.2) is 0 Å². The third-order valence-corrected chi connectivity index (χ3v) is 0.636. The van der Waals surface area contributed by atoms with Crippen molar-refractivity contribution in [2.45, 2.75) is 12.7 Å². The maximum absolute atomic E-state index is 10.2. The van der Waals surface area contributed by atoms with Gasteiger partial charge in [0.05, 0.1) is 6.42 Å². The molecule has 0 saturated carbocycles. The molecule has 0 aliphatic carbocycles. The van der Waals surface area contributed by atoms with Crippen LogP contribution in [0.25, 0.3) is 0 Å². The molecule has 0 aromatic carbocycles. The Labute approximate surface area is 51.1 Å². The standard InChI is InChI=1S/C4H7NO4/c5-3(7)1-2(6)4(8)9/h4,8-9H,1H2,(H2,5,7). The zero-order chi connectivity index (χ0) is 7.44. The molecular formula is C4H7NO4. The molecule has 0 aromatic rings. The summed E-state index contributed by atoms with van der Waals surface area (Å²) in [7, 11) is 0. The van der Waals surface area contributed by atoms with E-state index in [1.54, 1.807) is 0 Å². The highest BCUT2D eigenvalue weighted by molar-refractivity contribution is 5.98. The molecule has 0 rings (SSSR count). The zero-order valence-corrected chi connectivity index (χ0v) is 4.57. The van der Waals surface area contributed by atoms with Crippen molar-refractivity contribution in [1.29, 1.82) is 0 Å². The molecule has 0 unspecified atom stereocenters. The molecule has 0 fully saturated rings. The van der Waals surface area contributed by atoms with Gasteiger partial charge in [-0.15, -0.1) is 0 Å². The van der Waals surface area contributed by atoms with E-state index < -0.39 is 24.4 Å². The van der Waals surface area contributed by atoms with Crippen molar-refractivity contribution in [3.63, 3.8) is 0 Å². The first-order valence-electron chi connectivity index (χ1n) is 2.21. The highest BCUT2D eigenvalue weighted by atomic mass is 16.5. The van der Waals surface area contributed by atoms with Crippen LogP contribution in [0.3, 0.4) is 0 Å². The fourth-order valence-electron chi connectivity index (χ4n) is 0.263. The number of rotatable bonds is 3. The Balaban J connectivity index is 3.64. The highest BCUT2D eigenvalue weighted by Gasteiger charge is 2.12. The van der Waals surface area contributed by atoms with Gasteiger partial charge < -0.3 is 15.9 Å². The average molecular weight is 133 g/mol. The van der Waals surface area contributed by atoms with Crippen molar-refractivity contribution >= 4 is 11.7 Å². The van der Waals surface area contributed by atoms with Gasteiger partial charge in [-0.1, -0.05) is 0 Å². The monoisotopic (exact) mass is 133 g/mol. The summed E-state index contributed by atoms with van der Waals surface area (Å²) in [6.07, 6.45) is -2.71. The summed E-state index contributed by atoms with van der Waals surface area (Å²) < 4.78 is 0. The van der Waals surface area contributed by atoms with Crippen LogP contribution < -0.4 is 5.73 Å². The van der Waals surface area contributed by atoms with Crippen molar-refractivity contribution in [3.05, 3.63) is 0 Å². The summed E-state index contributed by atoms with van der Waals surface area (Å²) in [5, 5.41) is 16.1. The number of carbonyl (C=O) groups excluding carboxylic acids is 2. The third kappa shape index (κ3) is 3.63. The first-order valence-corrected chi connectivity index (χ1v) is 2.21. The molecular weight excluding hydrogens is 126 g/mol. The molecule has 0 spiro atoms. The predicted molar refractivity (Wildman–Crippen MR) is 27.0 cm³/mol. The predicted octanol–water partition coefficient (Wildman–Crippen LogP) is -2.26. The molecule has 52 valence electrons. The number of aliphatic hydroxyl groups is 2. The number of hydrogen-bond donors (Lipinski definition) is 3. The summed E-state index contributed by atoms with van der Waals surface area (Å²) >= 11 is 0. The molecule has 5 heteroatoms. The molecule has 5 nitrogen and oxygen atoms in total. The summed E-state index contributed by atoms with van der Waals surface area (Å²) in [4.78, 5) is 20.0. The lowest BCUT2D eigenvalue weighted by Crippen LogP contribution is -2.25. The molecule has 0 atom stereocenters. The second-order valence-corrected chi connectivity index (χ2v) is 1.48. The van der Waals surface area contributed by atoms with Crippen LogP contribution in [0.4, 0.5) is 0 Å². The molecule has 0 bridgehead atoms. The van der Waals surface area contributed by atoms with Crippen LogP contribution in [0.5, 0.6) is 0 Å². The Morgan fingerprint density at radius 1 is 1.44 bits per heavy atom. The van der Waals surface area contributed by atoms with E-state index in [0.717, 1.165) is 0 Å². The SMILES string of the molecule is NC(=O)CC(=O)C(O)O. The Bertz CT molecular complexity index is 131. The van der Waals surface area contributed by atoms with E-state index in [2.05, 4.69) is 5.73 Å². The average Bonchev–Trinajstić information content (AvgIpc) is 1.63. The maximum atomic E-state index is 10.2. The van der Waals surface area contributed by atoms with E-state index in [0.29, 0.717) is 0 Å². The summed E-state index contributed by atoms with van der Waals surface area (Å²) in [5.74, 6) is -1.85. The highest BCUT2D eigenvalue weighted by Crippen LogP contribution is 1.84. The van der Waals surface area contributed by atoms with Crippen LogP contribution in [0, 0.1) is 0 Å². The molecule has 0 aliphatic rings. The van der Waals surface area contributed by atoms with Gasteiger partial charge in [-0.05, 0) is 0 Å². The van der Waals surface area contributed by atoms with E-state index in [-0.39, 0.29) is 0 Å². The Morgan fingerprint density at radius 3 is 2.00 bits per heavy atom. The number of ketones is 1. The second-order valence-electron chi connectivity index (χ2n) is 1.48. The first-order chi connectivity index (χ1) is 4.04. The van der Waals surface area contributed by atoms with Gasteiger partial charge in [0.25, 0.3) is 0 Å². The third-order valence-electron chi connectivity index (χ3n) is 0.636. The smallest absolute Gasteiger partial charge is 0.225 e. The van der Waals surface area contributed by atoms with E-state index in [1.807, 2.05) is 0 Å². The number of aliphatic hydroxyl groups excluding tert-OH is 1. The molecule has 0 saturated heterocycles. The van der Waals surface area contributed by atoms with Gasteiger partial charge in [-0.3, -0.25) is 9.59 Å². The maximum Gasteiger partial charge on any atom is 0.225 e. The Morgan fingerprint density at radius 2 is 1.89 bits per heavy atom. The summed E-state index contributed by atoms with van der Waals surface area (Å²) in [5.41, 5.74) is 4.55. The van der Waals surface area contributed by atoms with Gasteiger partial charge in [0.1, 0.15) is 0 Å². The molecule has 0 radical (unpaired) electrons. The van der Waals surface area contributed by atoms with Gasteiger partial charge >= 0.3 is 0 Å². The molecule has 0 heterocycles. The molecule has 1 amide bonds. The van der Waals surface area contributed by atoms with Gasteiger partial charge in [-0.25, -0.2) is 0 Å². The number of hydrogen-bond acceptors (Lipinski definition) is 4. The Hall–Kier alpha value is -0.940. The van der Waals surface area contributed by atoms with Crippen molar-refractivity contribution in [3.8, 4) is 0 Å². The molecule has 4 N–H and O–H groups in total. The summed E-state index contributed by atoms with van der Waals surface area (Å²) in [6.45, 7) is 0. The number of primary amides is 1. The summed E-state index contributed by atoms with van der Waals surface area (Å²) in [6, 6.07) is 0. The van der Waals surface area contributed by atoms with E-state index in [1.165, 1.54) is 0 Å². The number of amides is 1. The fraction of sp³-hybridized carbons (Fsp3) is 0.500. The van der Waals surface area contributed by atoms with Gasteiger partial charge in [0, 0.05) is 0 Å². The topological polar surface area (TPSA) is 101 Å². The van der Waals surface area contributed by atoms with Crippen molar-refractivity contribution in [1.82, 2.24) is 0 Å². The van der Waals surface area contributed by atoms with Gasteiger partial charge in [0.15, 0.2) is 5.78 Å². The van der Waals surface area contributed by atoms with E-state index >= 15 is 0 Å². The van der Waals surface area contributed by atoms with Crippen molar-refractivity contribution < 1.29 is 19.8 Å². The first kappa shape index (κ1) is 8.06. The molecule has 9 heavy (non-hydrogen) atoms. The van der Waals surface area contributed by atoms with Crippen LogP contribution in [0.2, 0.25) is 0 Å². The number of carbonyl (C=O) groups is 2. The number of nitrogens with two attached hydrogens (primary N) is 1. The lowest BCUT2D eigenvalue weighted by molar-refractivity contribution is -0.147. The minimum atomic E-state index is -2.09. The fourth-order valence-corrected chi connectivity index (χ4v) is 0.263. The number of Topliss-reactive ketones (excluding diaryl/α,β-unsaturated/α-hetero) is 1. The van der Waals surface area contributed by atoms with Crippen molar-refractivity contribution in [2.75, 3.05) is 0 Å². The molecule has 0 aliphatic heterocycles. The second kappa shape index (κ2) is 3.16.